The van der Waals surface area contributed by atoms with Gasteiger partial charge in [-0.25, -0.2) is 0 Å². The summed E-state index contributed by atoms with van der Waals surface area (Å²) in [5.74, 6) is 0.0474. The van der Waals surface area contributed by atoms with Crippen molar-refractivity contribution in [3.05, 3.63) is 70.1 Å². The van der Waals surface area contributed by atoms with E-state index < -0.39 is 0 Å². The van der Waals surface area contributed by atoms with Crippen LogP contribution in [-0.2, 0) is 6.54 Å². The van der Waals surface area contributed by atoms with E-state index in [1.807, 2.05) is 61.6 Å². The maximum absolute atomic E-state index is 12.5. The van der Waals surface area contributed by atoms with Gasteiger partial charge >= 0.3 is 0 Å². The van der Waals surface area contributed by atoms with Gasteiger partial charge < -0.3 is 4.90 Å². The summed E-state index contributed by atoms with van der Waals surface area (Å²) in [4.78, 5) is 15.0. The van der Waals surface area contributed by atoms with Gasteiger partial charge in [0.1, 0.15) is 0 Å². The number of halogens is 1. The SMILES string of the molecule is CN(Cc1ccc(Cl)cc1)C(=O)c1cc2ccccc2s1. The largest absolute Gasteiger partial charge is 0.337 e. The minimum atomic E-state index is 0.0474. The maximum Gasteiger partial charge on any atom is 0.264 e. The molecular weight excluding hydrogens is 302 g/mol. The van der Waals surface area contributed by atoms with E-state index in [4.69, 9.17) is 11.6 Å². The summed E-state index contributed by atoms with van der Waals surface area (Å²) < 4.78 is 1.14. The molecule has 0 N–H and O–H groups in total. The molecule has 4 heteroatoms. The highest BCUT2D eigenvalue weighted by Gasteiger charge is 2.15. The molecule has 0 aliphatic carbocycles. The molecule has 3 rings (SSSR count). The fourth-order valence-corrected chi connectivity index (χ4v) is 3.39. The Kier molecular flexibility index (Phi) is 3.95. The number of rotatable bonds is 3. The normalized spacial score (nSPS) is 10.8. The highest BCUT2D eigenvalue weighted by Crippen LogP contribution is 2.26. The number of thiophene rings is 1. The molecule has 0 unspecified atom stereocenters. The van der Waals surface area contributed by atoms with E-state index in [0.717, 1.165) is 20.5 Å². The van der Waals surface area contributed by atoms with Gasteiger partial charge in [0.15, 0.2) is 0 Å². The highest BCUT2D eigenvalue weighted by molar-refractivity contribution is 7.20. The fourth-order valence-electron chi connectivity index (χ4n) is 2.21. The zero-order valence-corrected chi connectivity index (χ0v) is 13.1. The molecule has 0 radical (unpaired) electrons. The summed E-state index contributed by atoms with van der Waals surface area (Å²) in [6.07, 6.45) is 0. The lowest BCUT2D eigenvalue weighted by atomic mass is 10.2. The molecule has 0 fully saturated rings. The van der Waals surface area contributed by atoms with Crippen LogP contribution in [0.15, 0.2) is 54.6 Å². The van der Waals surface area contributed by atoms with E-state index in [-0.39, 0.29) is 5.91 Å². The van der Waals surface area contributed by atoms with E-state index >= 15 is 0 Å². The topological polar surface area (TPSA) is 20.3 Å². The standard InChI is InChI=1S/C17H14ClNOS/c1-19(11-12-6-8-14(18)9-7-12)17(20)16-10-13-4-2-3-5-15(13)21-16/h2-10H,11H2,1H3. The molecule has 1 aromatic heterocycles. The highest BCUT2D eigenvalue weighted by atomic mass is 35.5. The third kappa shape index (κ3) is 3.09. The molecule has 0 bridgehead atoms. The molecule has 0 saturated carbocycles. The van der Waals surface area contributed by atoms with Crippen LogP contribution in [0.2, 0.25) is 5.02 Å². The van der Waals surface area contributed by atoms with Crippen LogP contribution in [0, 0.1) is 0 Å². The Morgan fingerprint density at radius 1 is 1.14 bits per heavy atom. The molecule has 0 aliphatic heterocycles. The van der Waals surface area contributed by atoms with E-state index in [1.54, 1.807) is 4.90 Å². The van der Waals surface area contributed by atoms with E-state index in [0.29, 0.717) is 11.6 Å². The number of carbonyl (C=O) groups is 1. The van der Waals surface area contributed by atoms with Crippen LogP contribution < -0.4 is 0 Å². The first-order chi connectivity index (χ1) is 10.1. The van der Waals surface area contributed by atoms with Gasteiger partial charge in [-0.1, -0.05) is 41.9 Å². The molecule has 0 atom stereocenters. The monoisotopic (exact) mass is 315 g/mol. The second-order valence-electron chi connectivity index (χ2n) is 4.94. The van der Waals surface area contributed by atoms with Gasteiger partial charge in [-0.15, -0.1) is 11.3 Å². The first-order valence-corrected chi connectivity index (χ1v) is 7.81. The predicted molar refractivity (Wildman–Crippen MR) is 89.1 cm³/mol. The first kappa shape index (κ1) is 14.1. The molecule has 21 heavy (non-hydrogen) atoms. The smallest absolute Gasteiger partial charge is 0.264 e. The molecule has 1 heterocycles. The Morgan fingerprint density at radius 3 is 2.57 bits per heavy atom. The Labute approximate surface area is 132 Å². The van der Waals surface area contributed by atoms with Crippen LogP contribution >= 0.6 is 22.9 Å². The van der Waals surface area contributed by atoms with Crippen molar-refractivity contribution in [1.82, 2.24) is 4.90 Å². The third-order valence-electron chi connectivity index (χ3n) is 3.32. The summed E-state index contributed by atoms with van der Waals surface area (Å²) in [7, 11) is 1.82. The number of hydrogen-bond donors (Lipinski definition) is 0. The first-order valence-electron chi connectivity index (χ1n) is 6.62. The van der Waals surface area contributed by atoms with Crippen molar-refractivity contribution in [2.24, 2.45) is 0 Å². The van der Waals surface area contributed by atoms with Crippen LogP contribution in [0.1, 0.15) is 15.2 Å². The van der Waals surface area contributed by atoms with Gasteiger partial charge in [-0.05, 0) is 35.2 Å². The van der Waals surface area contributed by atoms with E-state index in [2.05, 4.69) is 0 Å². The molecule has 0 spiro atoms. The van der Waals surface area contributed by atoms with E-state index in [9.17, 15) is 4.79 Å². The Bertz CT molecular complexity index is 746. The van der Waals surface area contributed by atoms with Crippen LogP contribution in [0.4, 0.5) is 0 Å². The molecule has 106 valence electrons. The van der Waals surface area contributed by atoms with Crippen LogP contribution in [0.5, 0.6) is 0 Å². The van der Waals surface area contributed by atoms with Gasteiger partial charge in [-0.3, -0.25) is 4.79 Å². The van der Waals surface area contributed by atoms with Gasteiger partial charge in [0.2, 0.25) is 0 Å². The molecule has 0 saturated heterocycles. The zero-order chi connectivity index (χ0) is 14.8. The van der Waals surface area contributed by atoms with Gasteiger partial charge in [-0.2, -0.15) is 0 Å². The van der Waals surface area contributed by atoms with Crippen molar-refractivity contribution in [2.45, 2.75) is 6.54 Å². The second-order valence-corrected chi connectivity index (χ2v) is 6.46. The number of carbonyl (C=O) groups excluding carboxylic acids is 1. The number of nitrogens with zero attached hydrogens (tertiary/aromatic N) is 1. The number of amides is 1. The maximum atomic E-state index is 12.5. The minimum absolute atomic E-state index is 0.0474. The number of fused-ring (bicyclic) bond motifs is 1. The van der Waals surface area contributed by atoms with Crippen molar-refractivity contribution in [3.8, 4) is 0 Å². The quantitative estimate of drug-likeness (QED) is 0.678. The lowest BCUT2D eigenvalue weighted by Gasteiger charge is -2.16. The molecule has 2 aromatic carbocycles. The fraction of sp³-hybridized carbons (Fsp3) is 0.118. The Hall–Kier alpha value is -1.84. The average molecular weight is 316 g/mol. The van der Waals surface area contributed by atoms with Crippen molar-refractivity contribution in [3.63, 3.8) is 0 Å². The molecular formula is C17H14ClNOS. The van der Waals surface area contributed by atoms with Crippen molar-refractivity contribution in [2.75, 3.05) is 7.05 Å². The molecule has 3 aromatic rings. The van der Waals surface area contributed by atoms with Crippen molar-refractivity contribution < 1.29 is 4.79 Å². The summed E-state index contributed by atoms with van der Waals surface area (Å²) in [6.45, 7) is 0.574. The van der Waals surface area contributed by atoms with Crippen LogP contribution in [0.25, 0.3) is 10.1 Å². The molecule has 1 amide bonds. The van der Waals surface area contributed by atoms with E-state index in [1.165, 1.54) is 11.3 Å². The lowest BCUT2D eigenvalue weighted by molar-refractivity contribution is 0.0790. The lowest BCUT2D eigenvalue weighted by Crippen LogP contribution is -2.25. The zero-order valence-electron chi connectivity index (χ0n) is 11.5. The Morgan fingerprint density at radius 2 is 1.86 bits per heavy atom. The van der Waals surface area contributed by atoms with Crippen LogP contribution in [-0.4, -0.2) is 17.9 Å². The number of hydrogen-bond acceptors (Lipinski definition) is 2. The summed E-state index contributed by atoms with van der Waals surface area (Å²) in [6, 6.07) is 17.6. The number of benzene rings is 2. The van der Waals surface area contributed by atoms with Gasteiger partial charge in [0.25, 0.3) is 5.91 Å². The summed E-state index contributed by atoms with van der Waals surface area (Å²) >= 11 is 7.41. The predicted octanol–water partition coefficient (Wildman–Crippen LogP) is 4.83. The molecule has 0 aliphatic rings. The summed E-state index contributed by atoms with van der Waals surface area (Å²) in [5.41, 5.74) is 1.07. The van der Waals surface area contributed by atoms with Gasteiger partial charge in [0, 0.05) is 23.3 Å². The Balaban J connectivity index is 1.78. The minimum Gasteiger partial charge on any atom is -0.337 e. The van der Waals surface area contributed by atoms with Gasteiger partial charge in [0.05, 0.1) is 4.88 Å². The third-order valence-corrected chi connectivity index (χ3v) is 4.67. The van der Waals surface area contributed by atoms with Crippen LogP contribution in [0.3, 0.4) is 0 Å². The molecule has 2 nitrogen and oxygen atoms in total. The van der Waals surface area contributed by atoms with Crippen molar-refractivity contribution >= 4 is 38.9 Å². The average Bonchev–Trinajstić information content (AvgIpc) is 2.92. The second kappa shape index (κ2) is 5.88. The summed E-state index contributed by atoms with van der Waals surface area (Å²) in [5, 5.41) is 1.82. The van der Waals surface area contributed by atoms with Crippen molar-refractivity contribution in [1.29, 1.82) is 0 Å².